The zero-order valence-corrected chi connectivity index (χ0v) is 19.5. The Balaban J connectivity index is 1.59. The third kappa shape index (κ3) is 3.01. The lowest BCUT2D eigenvalue weighted by atomic mass is 9.65. The Morgan fingerprint density at radius 1 is 1.27 bits per heavy atom. The maximum atomic E-state index is 14.4. The van der Waals surface area contributed by atoms with Crippen LogP contribution >= 0.6 is 0 Å². The second kappa shape index (κ2) is 6.91. The van der Waals surface area contributed by atoms with Crippen LogP contribution in [0.25, 0.3) is 11.3 Å². The molecule has 2 unspecified atom stereocenters. The molecule has 6 nitrogen and oxygen atoms in total. The Morgan fingerprint density at radius 3 is 2.48 bits per heavy atom. The fraction of sp³-hybridized carbons (Fsp3) is 0.458. The molecule has 1 aromatic carbocycles. The number of benzene rings is 1. The minimum atomic E-state index is -3.47. The van der Waals surface area contributed by atoms with Crippen molar-refractivity contribution in [3.63, 3.8) is 0 Å². The molecule has 2 saturated carbocycles. The van der Waals surface area contributed by atoms with Crippen molar-refractivity contribution in [3.8, 4) is 11.3 Å². The van der Waals surface area contributed by atoms with Gasteiger partial charge in [-0.25, -0.2) is 17.2 Å². The van der Waals surface area contributed by atoms with Crippen LogP contribution in [0.5, 0.6) is 0 Å². The highest BCUT2D eigenvalue weighted by molar-refractivity contribution is 7.91. The van der Waals surface area contributed by atoms with Crippen LogP contribution in [0.2, 0.25) is 0 Å². The van der Waals surface area contributed by atoms with Gasteiger partial charge in [0.25, 0.3) is 0 Å². The fourth-order valence-corrected chi connectivity index (χ4v) is 6.90. The van der Waals surface area contributed by atoms with Gasteiger partial charge in [0.15, 0.2) is 9.84 Å². The van der Waals surface area contributed by atoms with Gasteiger partial charge >= 0.3 is 0 Å². The van der Waals surface area contributed by atoms with Gasteiger partial charge in [-0.3, -0.25) is 4.79 Å². The van der Waals surface area contributed by atoms with Gasteiger partial charge in [-0.1, -0.05) is 25.1 Å². The molecule has 2 fully saturated rings. The minimum absolute atomic E-state index is 0.140. The van der Waals surface area contributed by atoms with E-state index in [-0.39, 0.29) is 29.1 Å². The van der Waals surface area contributed by atoms with Crippen LogP contribution in [-0.2, 0) is 20.0 Å². The highest BCUT2D eigenvalue weighted by Gasteiger charge is 2.77. The molecule has 0 saturated heterocycles. The van der Waals surface area contributed by atoms with Gasteiger partial charge < -0.3 is 4.90 Å². The first-order valence-corrected chi connectivity index (χ1v) is 13.0. The lowest BCUT2D eigenvalue weighted by Gasteiger charge is -2.43. The number of halogens is 2. The van der Waals surface area contributed by atoms with Crippen molar-refractivity contribution in [2.45, 2.75) is 31.6 Å². The van der Waals surface area contributed by atoms with Crippen molar-refractivity contribution in [2.24, 2.45) is 11.3 Å². The van der Waals surface area contributed by atoms with E-state index < -0.39 is 38.5 Å². The van der Waals surface area contributed by atoms with Gasteiger partial charge in [0.05, 0.1) is 22.4 Å². The molecule has 4 aliphatic rings. The van der Waals surface area contributed by atoms with Gasteiger partial charge in [-0.15, -0.1) is 5.10 Å². The van der Waals surface area contributed by atoms with E-state index in [0.29, 0.717) is 18.2 Å². The molecule has 0 N–H and O–H groups in total. The predicted molar refractivity (Wildman–Crippen MR) is 119 cm³/mol. The lowest BCUT2D eigenvalue weighted by molar-refractivity contribution is -0.129. The van der Waals surface area contributed by atoms with Crippen LogP contribution in [0.4, 0.5) is 8.78 Å². The molecule has 33 heavy (non-hydrogen) atoms. The molecule has 0 radical (unpaired) electrons. The van der Waals surface area contributed by atoms with Gasteiger partial charge in [0.2, 0.25) is 5.91 Å². The smallest absolute Gasteiger partial charge is 0.237 e. The topological polar surface area (TPSA) is 80.2 Å². The Kier molecular flexibility index (Phi) is 4.64. The number of hydrogen-bond donors (Lipinski definition) is 0. The van der Waals surface area contributed by atoms with Gasteiger partial charge in [0.1, 0.15) is 17.4 Å². The summed E-state index contributed by atoms with van der Waals surface area (Å²) in [7, 11) is -3.47. The summed E-state index contributed by atoms with van der Waals surface area (Å²) in [5.74, 6) is -1.99. The van der Waals surface area contributed by atoms with Crippen molar-refractivity contribution < 1.29 is 22.0 Å². The van der Waals surface area contributed by atoms with Crippen molar-refractivity contribution in [1.82, 2.24) is 15.1 Å². The molecule has 9 heteroatoms. The second-order valence-corrected chi connectivity index (χ2v) is 11.9. The number of carbonyl (C=O) groups excluding carboxylic acids is 1. The molecule has 6 rings (SSSR count). The van der Waals surface area contributed by atoms with Crippen LogP contribution < -0.4 is 0 Å². The molecule has 0 spiro atoms. The molecule has 1 amide bonds. The predicted octanol–water partition coefficient (Wildman–Crippen LogP) is 3.25. The number of likely N-dealkylation sites (N-methyl/N-ethyl adjacent to an activating group) is 1. The summed E-state index contributed by atoms with van der Waals surface area (Å²) >= 11 is 0. The van der Waals surface area contributed by atoms with E-state index in [1.54, 1.807) is 13.0 Å². The Labute approximate surface area is 191 Å². The van der Waals surface area contributed by atoms with E-state index in [0.717, 1.165) is 23.8 Å². The molecular weight excluding hydrogens is 448 g/mol. The van der Waals surface area contributed by atoms with E-state index in [2.05, 4.69) is 23.7 Å². The average Bonchev–Trinajstić information content (AvgIpc) is 3.28. The molecule has 4 atom stereocenters. The Morgan fingerprint density at radius 2 is 1.94 bits per heavy atom. The first-order chi connectivity index (χ1) is 15.4. The number of nitrogens with zero attached hydrogens (tertiary/aromatic N) is 3. The molecule has 2 aromatic rings. The summed E-state index contributed by atoms with van der Waals surface area (Å²) in [6.07, 6.45) is 1.78. The molecular formula is C24H25F2N3O3S. The van der Waals surface area contributed by atoms with Crippen LogP contribution in [0.15, 0.2) is 36.4 Å². The summed E-state index contributed by atoms with van der Waals surface area (Å²) in [4.78, 5) is 14.3. The normalized spacial score (nSPS) is 29.1. The van der Waals surface area contributed by atoms with Crippen molar-refractivity contribution >= 4 is 15.7 Å². The van der Waals surface area contributed by atoms with E-state index >= 15 is 0 Å². The SMILES string of the molecule is C=C1C2(C)C3C[C@]1(CN(CC)C(=O)CS(C)(=O)=O)c1nnc(-c4c(F)cccc4F)cc1[C@H]32. The number of hydrogen-bond acceptors (Lipinski definition) is 5. The van der Waals surface area contributed by atoms with E-state index in [1.807, 2.05) is 0 Å². The quantitative estimate of drug-likeness (QED) is 0.602. The maximum Gasteiger partial charge on any atom is 0.237 e. The molecule has 4 aliphatic carbocycles. The van der Waals surface area contributed by atoms with E-state index in [4.69, 9.17) is 0 Å². The van der Waals surface area contributed by atoms with Crippen LogP contribution in [0, 0.1) is 23.0 Å². The number of sulfone groups is 1. The maximum absolute atomic E-state index is 14.4. The fourth-order valence-electron chi connectivity index (χ4n) is 6.27. The third-order valence-corrected chi connectivity index (χ3v) is 8.69. The standard InChI is InChI=1S/C24H25F2N3O3S/c1-5-29(19(30)11-33(4,31)32)12-24-10-15-21(23(15,3)13(24)2)14-9-18(27-28-22(14)24)20-16(25)7-6-8-17(20)26/h6-9,15,21H,2,5,10-12H2,1,3-4H3/t15?,21-,23?,24-/m1/s1. The Bertz CT molecular complexity index is 1310. The van der Waals surface area contributed by atoms with Crippen LogP contribution in [0.1, 0.15) is 37.4 Å². The minimum Gasteiger partial charge on any atom is -0.341 e. The number of amides is 1. The monoisotopic (exact) mass is 473 g/mol. The van der Waals surface area contributed by atoms with Gasteiger partial charge in [-0.2, -0.15) is 5.10 Å². The molecule has 4 bridgehead atoms. The first-order valence-electron chi connectivity index (χ1n) is 10.9. The van der Waals surface area contributed by atoms with E-state index in [9.17, 15) is 22.0 Å². The highest BCUT2D eigenvalue weighted by Crippen LogP contribution is 2.83. The van der Waals surface area contributed by atoms with Crippen molar-refractivity contribution in [3.05, 3.63) is 59.3 Å². The third-order valence-electron chi connectivity index (χ3n) is 7.92. The summed E-state index contributed by atoms with van der Waals surface area (Å²) in [5, 5.41) is 8.63. The van der Waals surface area contributed by atoms with Crippen molar-refractivity contribution in [2.75, 3.05) is 25.1 Å². The first kappa shape index (κ1) is 22.1. The molecule has 1 aromatic heterocycles. The zero-order valence-electron chi connectivity index (χ0n) is 18.7. The average molecular weight is 474 g/mol. The highest BCUT2D eigenvalue weighted by atomic mass is 32.2. The summed E-state index contributed by atoms with van der Waals surface area (Å²) in [6, 6.07) is 5.41. The molecule has 0 aliphatic heterocycles. The Hall–Kier alpha value is -2.68. The van der Waals surface area contributed by atoms with Gasteiger partial charge in [0, 0.05) is 19.3 Å². The summed E-state index contributed by atoms with van der Waals surface area (Å²) in [6.45, 7) is 8.92. The second-order valence-electron chi connectivity index (χ2n) is 9.74. The summed E-state index contributed by atoms with van der Waals surface area (Å²) < 4.78 is 52.2. The summed E-state index contributed by atoms with van der Waals surface area (Å²) in [5.41, 5.74) is 1.63. The van der Waals surface area contributed by atoms with Crippen molar-refractivity contribution in [1.29, 1.82) is 0 Å². The van der Waals surface area contributed by atoms with Gasteiger partial charge in [-0.05, 0) is 54.4 Å². The number of rotatable bonds is 6. The zero-order chi connectivity index (χ0) is 23.9. The molecule has 1 heterocycles. The molecule has 174 valence electrons. The number of aromatic nitrogens is 2. The van der Waals surface area contributed by atoms with Crippen LogP contribution in [-0.4, -0.2) is 54.5 Å². The largest absolute Gasteiger partial charge is 0.341 e. The van der Waals surface area contributed by atoms with Crippen LogP contribution in [0.3, 0.4) is 0 Å². The van der Waals surface area contributed by atoms with E-state index in [1.165, 1.54) is 23.1 Å². The number of carbonyl (C=O) groups is 1. The lowest BCUT2D eigenvalue weighted by Crippen LogP contribution is -2.49.